The summed E-state index contributed by atoms with van der Waals surface area (Å²) < 4.78 is -0.0228. The van der Waals surface area contributed by atoms with E-state index in [1.165, 1.54) is 24.3 Å². The van der Waals surface area contributed by atoms with E-state index in [2.05, 4.69) is 5.32 Å². The van der Waals surface area contributed by atoms with Crippen LogP contribution >= 0.6 is 34.8 Å². The summed E-state index contributed by atoms with van der Waals surface area (Å²) >= 11 is 18.7. The number of rotatable bonds is 4. The first-order valence-corrected chi connectivity index (χ1v) is 10.8. The average molecular weight is 487 g/mol. The van der Waals surface area contributed by atoms with Gasteiger partial charge in [-0.25, -0.2) is 0 Å². The van der Waals surface area contributed by atoms with Gasteiger partial charge in [0.2, 0.25) is 3.79 Å². The van der Waals surface area contributed by atoms with E-state index in [1.807, 2.05) is 11.0 Å². The fourth-order valence-electron chi connectivity index (χ4n) is 4.50. The number of halogens is 3. The molecule has 0 saturated carbocycles. The molecule has 0 spiro atoms. The van der Waals surface area contributed by atoms with Crippen molar-refractivity contribution < 1.29 is 10.0 Å². The van der Waals surface area contributed by atoms with Gasteiger partial charge in [0, 0.05) is 42.9 Å². The predicted octanol–water partition coefficient (Wildman–Crippen LogP) is 3.09. The van der Waals surface area contributed by atoms with Crippen molar-refractivity contribution in [3.8, 4) is 0 Å². The van der Waals surface area contributed by atoms with Crippen molar-refractivity contribution in [2.75, 3.05) is 18.3 Å². The first-order valence-electron chi connectivity index (χ1n) is 9.71. The van der Waals surface area contributed by atoms with Gasteiger partial charge in [0.1, 0.15) is 6.17 Å². The van der Waals surface area contributed by atoms with Crippen LogP contribution in [0.25, 0.3) is 0 Å². The number of hydrogen-bond acceptors (Lipinski definition) is 6. The molecule has 1 aromatic carbocycles. The molecule has 4 rings (SSSR count). The Hall–Kier alpha value is -1.81. The third-order valence-corrected chi connectivity index (χ3v) is 6.40. The van der Waals surface area contributed by atoms with Crippen LogP contribution in [0.2, 0.25) is 0 Å². The van der Waals surface area contributed by atoms with Crippen LogP contribution in [0.5, 0.6) is 0 Å². The van der Waals surface area contributed by atoms with Gasteiger partial charge in [0.15, 0.2) is 0 Å². The second-order valence-corrected chi connectivity index (χ2v) is 10.3. The first kappa shape index (κ1) is 22.4. The highest BCUT2D eigenvalue weighted by molar-refractivity contribution is 6.68. The molecule has 2 N–H and O–H groups in total. The minimum absolute atomic E-state index is 0.0249. The van der Waals surface area contributed by atoms with Crippen LogP contribution in [-0.2, 0) is 6.54 Å². The smallest absolute Gasteiger partial charge is 0.252 e. The predicted molar refractivity (Wildman–Crippen MR) is 119 cm³/mol. The van der Waals surface area contributed by atoms with Gasteiger partial charge in [-0.3, -0.25) is 19.7 Å². The largest absolute Gasteiger partial charge is 0.733 e. The number of nitrogens with zero attached hydrogens (tertiary/aromatic N) is 3. The zero-order chi connectivity index (χ0) is 22.3. The highest BCUT2D eigenvalue weighted by atomic mass is 35.6. The Morgan fingerprint density at radius 2 is 1.94 bits per heavy atom. The molecule has 1 saturated heterocycles. The Kier molecular flexibility index (Phi) is 6.22. The number of pyridine rings is 1. The van der Waals surface area contributed by atoms with Gasteiger partial charge in [-0.2, -0.15) is 0 Å². The number of piperidine rings is 1. The number of anilines is 1. The molecule has 2 aliphatic rings. The normalized spacial score (nSPS) is 21.8. The van der Waals surface area contributed by atoms with Gasteiger partial charge in [-0.15, -0.1) is 0 Å². The molecule has 11 heteroatoms. The van der Waals surface area contributed by atoms with E-state index < -0.39 is 15.9 Å². The first-order chi connectivity index (χ1) is 14.6. The van der Waals surface area contributed by atoms with E-state index >= 15 is 0 Å². The molecule has 0 radical (unpaired) electrons. The van der Waals surface area contributed by atoms with E-state index in [0.29, 0.717) is 19.6 Å². The lowest BCUT2D eigenvalue weighted by molar-refractivity contribution is 0.0586. The van der Waals surface area contributed by atoms with Gasteiger partial charge in [-0.1, -0.05) is 46.9 Å². The molecule has 1 unspecified atom stereocenters. The summed E-state index contributed by atoms with van der Waals surface area (Å²) in [4.78, 5) is 27.0. The topological polar surface area (TPSA) is 101 Å². The fourth-order valence-corrected chi connectivity index (χ4v) is 5.08. The summed E-state index contributed by atoms with van der Waals surface area (Å²) in [6.45, 7) is 1.62. The molecule has 2 aromatic rings. The molecule has 1 amide bonds. The zero-order valence-electron chi connectivity index (χ0n) is 16.2. The van der Waals surface area contributed by atoms with Crippen LogP contribution in [0.3, 0.4) is 0 Å². The monoisotopic (exact) mass is 485 g/mol. The van der Waals surface area contributed by atoms with Crippen LogP contribution < -0.4 is 16.1 Å². The summed E-state index contributed by atoms with van der Waals surface area (Å²) in [6, 6.07) is 10.8. The molecule has 2 aliphatic heterocycles. The SMILES string of the molecule is O=C(NC(N1C[C@@H]2C[C@H](C1)c1cccc(=O)n1C2)C(Cl)(Cl)Cl)c1cccc(N([O-])O)c1. The molecular formula is C20H20Cl3N4O4-. The summed E-state index contributed by atoms with van der Waals surface area (Å²) in [7, 11) is 0. The maximum absolute atomic E-state index is 12.8. The van der Waals surface area contributed by atoms with Crippen LogP contribution in [0, 0.1) is 11.1 Å². The Morgan fingerprint density at radius 1 is 1.19 bits per heavy atom. The Balaban J connectivity index is 1.58. The van der Waals surface area contributed by atoms with Crippen molar-refractivity contribution in [3.63, 3.8) is 0 Å². The van der Waals surface area contributed by atoms with Gasteiger partial charge in [0.25, 0.3) is 11.5 Å². The van der Waals surface area contributed by atoms with E-state index in [-0.39, 0.29) is 33.9 Å². The molecule has 1 fully saturated rings. The van der Waals surface area contributed by atoms with Crippen LogP contribution in [0.15, 0.2) is 47.3 Å². The van der Waals surface area contributed by atoms with Crippen molar-refractivity contribution in [3.05, 3.63) is 69.3 Å². The second-order valence-electron chi connectivity index (χ2n) is 7.89. The van der Waals surface area contributed by atoms with Crippen molar-refractivity contribution in [1.29, 1.82) is 0 Å². The number of likely N-dealkylation sites (tertiary alicyclic amines) is 1. The lowest BCUT2D eigenvalue weighted by Crippen LogP contribution is -2.60. The third-order valence-electron chi connectivity index (χ3n) is 5.78. The highest BCUT2D eigenvalue weighted by Gasteiger charge is 2.44. The fraction of sp³-hybridized carbons (Fsp3) is 0.400. The Bertz CT molecular complexity index is 1040. The molecule has 1 aromatic heterocycles. The van der Waals surface area contributed by atoms with Crippen molar-refractivity contribution in [2.24, 2.45) is 5.92 Å². The highest BCUT2D eigenvalue weighted by Crippen LogP contribution is 2.40. The van der Waals surface area contributed by atoms with Gasteiger partial charge < -0.3 is 20.3 Å². The van der Waals surface area contributed by atoms with E-state index in [0.717, 1.165) is 12.1 Å². The van der Waals surface area contributed by atoms with Gasteiger partial charge in [-0.05, 0) is 36.6 Å². The number of alkyl halides is 3. The molecule has 8 nitrogen and oxygen atoms in total. The zero-order valence-corrected chi connectivity index (χ0v) is 18.5. The van der Waals surface area contributed by atoms with Gasteiger partial charge in [0.05, 0.1) is 5.69 Å². The van der Waals surface area contributed by atoms with E-state index in [1.54, 1.807) is 16.7 Å². The van der Waals surface area contributed by atoms with Crippen molar-refractivity contribution >= 4 is 46.4 Å². The molecule has 3 heterocycles. The summed E-state index contributed by atoms with van der Waals surface area (Å²) in [6.07, 6.45) is -0.0170. The number of hydrogen-bond donors (Lipinski definition) is 2. The second kappa shape index (κ2) is 8.61. The van der Waals surface area contributed by atoms with Crippen LogP contribution in [0.4, 0.5) is 5.69 Å². The number of carbonyl (C=O) groups is 1. The Labute approximate surface area is 193 Å². The molecule has 3 atom stereocenters. The van der Waals surface area contributed by atoms with Crippen molar-refractivity contribution in [2.45, 2.75) is 28.8 Å². The maximum atomic E-state index is 12.8. The van der Waals surface area contributed by atoms with E-state index in [9.17, 15) is 14.8 Å². The molecule has 31 heavy (non-hydrogen) atoms. The number of amides is 1. The van der Waals surface area contributed by atoms with E-state index in [4.69, 9.17) is 40.0 Å². The number of fused-ring (bicyclic) bond motifs is 4. The molecule has 2 bridgehead atoms. The number of aromatic nitrogens is 1. The minimum atomic E-state index is -1.82. The number of nitrogens with one attached hydrogen (secondary N) is 1. The molecule has 0 aliphatic carbocycles. The van der Waals surface area contributed by atoms with Crippen LogP contribution in [-0.4, -0.2) is 43.6 Å². The minimum Gasteiger partial charge on any atom is -0.733 e. The van der Waals surface area contributed by atoms with Crippen molar-refractivity contribution in [1.82, 2.24) is 14.8 Å². The lowest BCUT2D eigenvalue weighted by atomic mass is 9.83. The molecule has 166 valence electrons. The standard InChI is InChI=1S/C20H20Cl3N4O4/c21-20(22,23)19(24-18(29)13-3-1-4-15(8-13)27(30)31)25-9-12-7-14(11-25)16-5-2-6-17(28)26(16)10-12/h1-6,8,12,14,19,30H,7,9-11H2,(H,24,29)/q-1/t12-,14+,19?/m0/s1. The quantitative estimate of drug-likeness (QED) is 0.509. The summed E-state index contributed by atoms with van der Waals surface area (Å²) in [5.41, 5.74) is 0.963. The maximum Gasteiger partial charge on any atom is 0.252 e. The lowest BCUT2D eigenvalue weighted by Gasteiger charge is -2.47. The third kappa shape index (κ3) is 4.69. The Morgan fingerprint density at radius 3 is 2.65 bits per heavy atom. The summed E-state index contributed by atoms with van der Waals surface area (Å²) in [5, 5.41) is 22.6. The molecular weight excluding hydrogens is 467 g/mol. The average Bonchev–Trinajstić information content (AvgIpc) is 2.71. The van der Waals surface area contributed by atoms with Crippen LogP contribution in [0.1, 0.15) is 28.4 Å². The number of benzene rings is 1. The summed E-state index contributed by atoms with van der Waals surface area (Å²) in [5.74, 6) is -0.308. The van der Waals surface area contributed by atoms with Gasteiger partial charge >= 0.3 is 0 Å². The number of carbonyl (C=O) groups excluding carboxylic acids is 1.